The van der Waals surface area contributed by atoms with Gasteiger partial charge < -0.3 is 4.42 Å². The first-order chi connectivity index (χ1) is 7.65. The summed E-state index contributed by atoms with van der Waals surface area (Å²) < 4.78 is 5.18. The fourth-order valence-corrected chi connectivity index (χ4v) is 1.85. The molecule has 0 bridgehead atoms. The molecule has 0 spiro atoms. The number of furan rings is 1. The SMILES string of the molecule is Clc1ccc(/C=C/c2ccc(Cl)o2)c(Cl)c1. The maximum atomic E-state index is 6.01. The van der Waals surface area contributed by atoms with Crippen LogP contribution in [0.15, 0.2) is 34.7 Å². The van der Waals surface area contributed by atoms with E-state index in [1.165, 1.54) is 0 Å². The van der Waals surface area contributed by atoms with Gasteiger partial charge in [-0.3, -0.25) is 0 Å². The zero-order valence-electron chi connectivity index (χ0n) is 8.08. The lowest BCUT2D eigenvalue weighted by Gasteiger charge is -1.97. The minimum Gasteiger partial charge on any atom is -0.445 e. The second-order valence-corrected chi connectivity index (χ2v) is 4.36. The van der Waals surface area contributed by atoms with Crippen LogP contribution in [-0.4, -0.2) is 0 Å². The molecule has 1 nitrogen and oxygen atoms in total. The van der Waals surface area contributed by atoms with Crippen molar-refractivity contribution in [2.75, 3.05) is 0 Å². The molecular formula is C12H7Cl3O. The zero-order valence-corrected chi connectivity index (χ0v) is 10.4. The molecule has 0 aliphatic rings. The van der Waals surface area contributed by atoms with E-state index in [-0.39, 0.29) is 0 Å². The maximum Gasteiger partial charge on any atom is 0.193 e. The van der Waals surface area contributed by atoms with Crippen molar-refractivity contribution in [3.63, 3.8) is 0 Å². The Hall–Kier alpha value is -0.890. The summed E-state index contributed by atoms with van der Waals surface area (Å²) in [7, 11) is 0. The van der Waals surface area contributed by atoms with Crippen LogP contribution in [0.25, 0.3) is 12.2 Å². The van der Waals surface area contributed by atoms with Crippen LogP contribution in [0, 0.1) is 0 Å². The molecule has 0 aliphatic heterocycles. The molecule has 0 fully saturated rings. The van der Waals surface area contributed by atoms with Gasteiger partial charge in [-0.2, -0.15) is 0 Å². The van der Waals surface area contributed by atoms with Crippen LogP contribution in [0.2, 0.25) is 15.3 Å². The third-order valence-electron chi connectivity index (χ3n) is 1.98. The van der Waals surface area contributed by atoms with Gasteiger partial charge in [-0.05, 0) is 53.6 Å². The Balaban J connectivity index is 2.23. The second kappa shape index (κ2) is 4.96. The van der Waals surface area contributed by atoms with Gasteiger partial charge in [-0.15, -0.1) is 0 Å². The molecule has 0 atom stereocenters. The first-order valence-electron chi connectivity index (χ1n) is 4.53. The summed E-state index contributed by atoms with van der Waals surface area (Å²) in [5.74, 6) is 0.677. The molecular weight excluding hydrogens is 266 g/mol. The topological polar surface area (TPSA) is 13.1 Å². The van der Waals surface area contributed by atoms with Crippen molar-refractivity contribution in [1.29, 1.82) is 0 Å². The monoisotopic (exact) mass is 272 g/mol. The summed E-state index contributed by atoms with van der Waals surface area (Å²) in [5.41, 5.74) is 0.874. The highest BCUT2D eigenvalue weighted by molar-refractivity contribution is 6.35. The number of benzene rings is 1. The first kappa shape index (κ1) is 11.6. The van der Waals surface area contributed by atoms with E-state index in [1.807, 2.05) is 12.1 Å². The predicted molar refractivity (Wildman–Crippen MR) is 69.1 cm³/mol. The van der Waals surface area contributed by atoms with E-state index in [0.29, 0.717) is 21.0 Å². The Morgan fingerprint density at radius 3 is 2.38 bits per heavy atom. The van der Waals surface area contributed by atoms with E-state index in [0.717, 1.165) is 5.56 Å². The molecule has 0 N–H and O–H groups in total. The van der Waals surface area contributed by atoms with Crippen LogP contribution in [0.5, 0.6) is 0 Å². The van der Waals surface area contributed by atoms with Crippen molar-refractivity contribution >= 4 is 47.0 Å². The quantitative estimate of drug-likeness (QED) is 0.713. The summed E-state index contributed by atoms with van der Waals surface area (Å²) in [6.45, 7) is 0. The second-order valence-electron chi connectivity index (χ2n) is 3.14. The lowest BCUT2D eigenvalue weighted by atomic mass is 10.2. The number of hydrogen-bond acceptors (Lipinski definition) is 1. The van der Waals surface area contributed by atoms with Crippen molar-refractivity contribution < 1.29 is 4.42 Å². The van der Waals surface area contributed by atoms with Crippen molar-refractivity contribution in [2.24, 2.45) is 0 Å². The standard InChI is InChI=1S/C12H7Cl3O/c13-9-3-1-8(11(14)7-9)2-4-10-5-6-12(15)16-10/h1-7H/b4-2+. The summed E-state index contributed by atoms with van der Waals surface area (Å²) in [4.78, 5) is 0. The highest BCUT2D eigenvalue weighted by Crippen LogP contribution is 2.23. The molecule has 2 rings (SSSR count). The van der Waals surface area contributed by atoms with E-state index in [9.17, 15) is 0 Å². The van der Waals surface area contributed by atoms with Crippen molar-refractivity contribution in [2.45, 2.75) is 0 Å². The Labute approximate surface area is 108 Å². The van der Waals surface area contributed by atoms with E-state index in [1.54, 1.807) is 30.3 Å². The molecule has 1 aromatic carbocycles. The maximum absolute atomic E-state index is 6.01. The summed E-state index contributed by atoms with van der Waals surface area (Å²) in [5, 5.41) is 1.58. The molecule has 4 heteroatoms. The van der Waals surface area contributed by atoms with Crippen LogP contribution in [0.3, 0.4) is 0 Å². The van der Waals surface area contributed by atoms with Crippen LogP contribution < -0.4 is 0 Å². The van der Waals surface area contributed by atoms with Gasteiger partial charge in [0.25, 0.3) is 0 Å². The zero-order chi connectivity index (χ0) is 11.5. The van der Waals surface area contributed by atoms with E-state index in [2.05, 4.69) is 0 Å². The lowest BCUT2D eigenvalue weighted by molar-refractivity contribution is 0.559. The third-order valence-corrected chi connectivity index (χ3v) is 2.75. The van der Waals surface area contributed by atoms with Gasteiger partial charge in [0, 0.05) is 10.0 Å². The number of halogens is 3. The molecule has 82 valence electrons. The minimum absolute atomic E-state index is 0.363. The molecule has 0 radical (unpaired) electrons. The highest BCUT2D eigenvalue weighted by atomic mass is 35.5. The van der Waals surface area contributed by atoms with Crippen molar-refractivity contribution in [3.8, 4) is 0 Å². The largest absolute Gasteiger partial charge is 0.445 e. The van der Waals surface area contributed by atoms with E-state index in [4.69, 9.17) is 39.2 Å². The number of rotatable bonds is 2. The van der Waals surface area contributed by atoms with E-state index >= 15 is 0 Å². The molecule has 0 saturated carbocycles. The molecule has 1 heterocycles. The molecule has 2 aromatic rings. The van der Waals surface area contributed by atoms with Gasteiger partial charge in [0.05, 0.1) is 0 Å². The smallest absolute Gasteiger partial charge is 0.193 e. The van der Waals surface area contributed by atoms with E-state index < -0.39 is 0 Å². The van der Waals surface area contributed by atoms with Gasteiger partial charge >= 0.3 is 0 Å². The van der Waals surface area contributed by atoms with Crippen LogP contribution >= 0.6 is 34.8 Å². The summed E-state index contributed by atoms with van der Waals surface area (Å²) in [6, 6.07) is 8.78. The lowest BCUT2D eigenvalue weighted by Crippen LogP contribution is -1.74. The molecule has 0 saturated heterocycles. The van der Waals surface area contributed by atoms with Crippen LogP contribution in [0.1, 0.15) is 11.3 Å². The average Bonchev–Trinajstić information content (AvgIpc) is 2.63. The van der Waals surface area contributed by atoms with Gasteiger partial charge in [-0.25, -0.2) is 0 Å². The van der Waals surface area contributed by atoms with Crippen LogP contribution in [0.4, 0.5) is 0 Å². The number of hydrogen-bond donors (Lipinski definition) is 0. The molecule has 0 amide bonds. The molecule has 16 heavy (non-hydrogen) atoms. The molecule has 0 aliphatic carbocycles. The molecule has 1 aromatic heterocycles. The Morgan fingerprint density at radius 1 is 0.938 bits per heavy atom. The van der Waals surface area contributed by atoms with Gasteiger partial charge in [0.2, 0.25) is 0 Å². The molecule has 0 unspecified atom stereocenters. The Bertz CT molecular complexity index is 529. The van der Waals surface area contributed by atoms with Gasteiger partial charge in [0.1, 0.15) is 5.76 Å². The van der Waals surface area contributed by atoms with Gasteiger partial charge in [-0.1, -0.05) is 29.3 Å². The Kier molecular flexibility index (Phi) is 3.59. The third kappa shape index (κ3) is 2.82. The summed E-state index contributed by atoms with van der Waals surface area (Å²) >= 11 is 17.5. The fourth-order valence-electron chi connectivity index (χ4n) is 1.23. The fraction of sp³-hybridized carbons (Fsp3) is 0. The highest BCUT2D eigenvalue weighted by Gasteiger charge is 1.98. The van der Waals surface area contributed by atoms with Crippen LogP contribution in [-0.2, 0) is 0 Å². The normalized spacial score (nSPS) is 11.2. The minimum atomic E-state index is 0.363. The first-order valence-corrected chi connectivity index (χ1v) is 5.67. The predicted octanol–water partition coefficient (Wildman–Crippen LogP) is 5.41. The van der Waals surface area contributed by atoms with Crippen molar-refractivity contribution in [3.05, 3.63) is 56.9 Å². The Morgan fingerprint density at radius 2 is 1.75 bits per heavy atom. The van der Waals surface area contributed by atoms with Crippen molar-refractivity contribution in [1.82, 2.24) is 0 Å². The summed E-state index contributed by atoms with van der Waals surface area (Å²) in [6.07, 6.45) is 3.63. The van der Waals surface area contributed by atoms with Gasteiger partial charge in [0.15, 0.2) is 5.22 Å². The average molecular weight is 274 g/mol.